The van der Waals surface area contributed by atoms with Crippen molar-refractivity contribution in [2.24, 2.45) is 5.73 Å². The minimum Gasteiger partial charge on any atom is -0.466 e. The molecule has 1 fully saturated rings. The molecular formula is C12H25N3O2. The lowest BCUT2D eigenvalue weighted by Gasteiger charge is -2.42. The highest BCUT2D eigenvalue weighted by Gasteiger charge is 2.28. The molecule has 0 spiro atoms. The summed E-state index contributed by atoms with van der Waals surface area (Å²) in [5.74, 6) is -0.116. The molecule has 0 aromatic heterocycles. The van der Waals surface area contributed by atoms with Gasteiger partial charge in [-0.3, -0.25) is 9.69 Å². The summed E-state index contributed by atoms with van der Waals surface area (Å²) in [7, 11) is 2.11. The molecule has 0 aliphatic carbocycles. The van der Waals surface area contributed by atoms with Gasteiger partial charge in [-0.1, -0.05) is 0 Å². The average Bonchev–Trinajstić information content (AvgIpc) is 2.28. The van der Waals surface area contributed by atoms with Gasteiger partial charge in [-0.25, -0.2) is 0 Å². The Morgan fingerprint density at radius 3 is 2.82 bits per heavy atom. The number of rotatable bonds is 5. The van der Waals surface area contributed by atoms with Gasteiger partial charge in [0.2, 0.25) is 0 Å². The van der Waals surface area contributed by atoms with Gasteiger partial charge in [-0.2, -0.15) is 0 Å². The van der Waals surface area contributed by atoms with Crippen LogP contribution in [0.25, 0.3) is 0 Å². The monoisotopic (exact) mass is 243 g/mol. The van der Waals surface area contributed by atoms with Crippen molar-refractivity contribution in [3.05, 3.63) is 0 Å². The summed E-state index contributed by atoms with van der Waals surface area (Å²) < 4.78 is 4.99. The van der Waals surface area contributed by atoms with Gasteiger partial charge in [0.05, 0.1) is 13.0 Å². The zero-order valence-corrected chi connectivity index (χ0v) is 11.2. The van der Waals surface area contributed by atoms with Crippen LogP contribution in [-0.4, -0.2) is 67.7 Å². The molecule has 17 heavy (non-hydrogen) atoms. The van der Waals surface area contributed by atoms with Crippen LogP contribution in [-0.2, 0) is 9.53 Å². The molecule has 1 heterocycles. The van der Waals surface area contributed by atoms with Crippen LogP contribution in [0.1, 0.15) is 20.3 Å². The molecule has 100 valence electrons. The van der Waals surface area contributed by atoms with Crippen molar-refractivity contribution >= 4 is 5.97 Å². The van der Waals surface area contributed by atoms with E-state index in [1.54, 1.807) is 0 Å². The van der Waals surface area contributed by atoms with Gasteiger partial charge in [0.1, 0.15) is 0 Å². The normalized spacial score (nSPS) is 24.6. The van der Waals surface area contributed by atoms with Crippen LogP contribution in [0, 0.1) is 0 Å². The van der Waals surface area contributed by atoms with E-state index in [1.165, 1.54) is 0 Å². The molecule has 1 aliphatic heterocycles. The number of carbonyl (C=O) groups excluding carboxylic acids is 1. The molecule has 0 aromatic rings. The molecule has 2 atom stereocenters. The number of piperazine rings is 1. The Bertz CT molecular complexity index is 248. The lowest BCUT2D eigenvalue weighted by molar-refractivity contribution is -0.144. The van der Waals surface area contributed by atoms with E-state index in [-0.39, 0.29) is 12.0 Å². The van der Waals surface area contributed by atoms with Crippen molar-refractivity contribution in [1.29, 1.82) is 0 Å². The predicted octanol–water partition coefficient (Wildman–Crippen LogP) is -0.0972. The van der Waals surface area contributed by atoms with Crippen molar-refractivity contribution in [3.8, 4) is 0 Å². The Hall–Kier alpha value is -0.650. The second kappa shape index (κ2) is 6.93. The maximum Gasteiger partial charge on any atom is 0.307 e. The highest BCUT2D eigenvalue weighted by Crippen LogP contribution is 2.14. The van der Waals surface area contributed by atoms with E-state index < -0.39 is 0 Å². The number of carbonyl (C=O) groups is 1. The highest BCUT2D eigenvalue weighted by atomic mass is 16.5. The molecule has 2 unspecified atom stereocenters. The van der Waals surface area contributed by atoms with E-state index in [9.17, 15) is 4.79 Å². The summed E-state index contributed by atoms with van der Waals surface area (Å²) in [6.07, 6.45) is 0.452. The zero-order valence-electron chi connectivity index (χ0n) is 11.2. The smallest absolute Gasteiger partial charge is 0.307 e. The first-order chi connectivity index (χ1) is 8.08. The standard InChI is InChI=1S/C12H25N3O2/c1-4-17-12(16)7-10(2)15-6-5-14(3)9-11(15)8-13/h10-11H,4-9,13H2,1-3H3. The molecule has 2 N–H and O–H groups in total. The number of ether oxygens (including phenoxy) is 1. The molecule has 0 saturated carbocycles. The van der Waals surface area contributed by atoms with Gasteiger partial charge in [0, 0.05) is 38.3 Å². The van der Waals surface area contributed by atoms with Crippen LogP contribution in [0.5, 0.6) is 0 Å². The van der Waals surface area contributed by atoms with Gasteiger partial charge < -0.3 is 15.4 Å². The fourth-order valence-electron chi connectivity index (χ4n) is 2.39. The molecule has 5 nitrogen and oxygen atoms in total. The Balaban J connectivity index is 2.49. The van der Waals surface area contributed by atoms with Crippen LogP contribution in [0.2, 0.25) is 0 Å². The summed E-state index contributed by atoms with van der Waals surface area (Å²) in [5.41, 5.74) is 5.80. The third-order valence-electron chi connectivity index (χ3n) is 3.34. The number of likely N-dealkylation sites (N-methyl/N-ethyl adjacent to an activating group) is 1. The van der Waals surface area contributed by atoms with Crippen molar-refractivity contribution in [2.45, 2.75) is 32.4 Å². The molecule has 1 rings (SSSR count). The van der Waals surface area contributed by atoms with E-state index in [0.717, 1.165) is 19.6 Å². The molecule has 0 amide bonds. The maximum absolute atomic E-state index is 11.5. The first-order valence-corrected chi connectivity index (χ1v) is 6.38. The largest absolute Gasteiger partial charge is 0.466 e. The number of nitrogens with two attached hydrogens (primary N) is 1. The molecular weight excluding hydrogens is 218 g/mol. The van der Waals surface area contributed by atoms with Crippen molar-refractivity contribution in [1.82, 2.24) is 9.80 Å². The molecule has 5 heteroatoms. The predicted molar refractivity (Wildman–Crippen MR) is 67.8 cm³/mol. The maximum atomic E-state index is 11.5. The second-order valence-corrected chi connectivity index (χ2v) is 4.75. The van der Waals surface area contributed by atoms with E-state index in [2.05, 4.69) is 23.8 Å². The second-order valence-electron chi connectivity index (χ2n) is 4.75. The zero-order chi connectivity index (χ0) is 12.8. The minimum atomic E-state index is -0.116. The van der Waals surface area contributed by atoms with Gasteiger partial charge in [0.15, 0.2) is 0 Å². The lowest BCUT2D eigenvalue weighted by Crippen LogP contribution is -2.57. The third-order valence-corrected chi connectivity index (χ3v) is 3.34. The molecule has 1 aliphatic rings. The van der Waals surface area contributed by atoms with Crippen LogP contribution < -0.4 is 5.73 Å². The molecule has 0 aromatic carbocycles. The number of esters is 1. The van der Waals surface area contributed by atoms with Gasteiger partial charge in [-0.05, 0) is 20.9 Å². The van der Waals surface area contributed by atoms with Gasteiger partial charge in [0.25, 0.3) is 0 Å². The summed E-state index contributed by atoms with van der Waals surface area (Å²) in [6.45, 7) is 7.98. The summed E-state index contributed by atoms with van der Waals surface area (Å²) in [5, 5.41) is 0. The Morgan fingerprint density at radius 2 is 2.24 bits per heavy atom. The molecule has 1 saturated heterocycles. The number of hydrogen-bond donors (Lipinski definition) is 1. The van der Waals surface area contributed by atoms with Gasteiger partial charge >= 0.3 is 5.97 Å². The fraction of sp³-hybridized carbons (Fsp3) is 0.917. The third kappa shape index (κ3) is 4.26. The first-order valence-electron chi connectivity index (χ1n) is 6.38. The Kier molecular flexibility index (Phi) is 5.88. The minimum absolute atomic E-state index is 0.116. The Labute approximate surface area is 104 Å². The number of hydrogen-bond acceptors (Lipinski definition) is 5. The van der Waals surface area contributed by atoms with E-state index in [0.29, 0.717) is 25.6 Å². The SMILES string of the molecule is CCOC(=O)CC(C)N1CCN(C)CC1CN. The first kappa shape index (κ1) is 14.4. The van der Waals surface area contributed by atoms with Crippen LogP contribution >= 0.6 is 0 Å². The van der Waals surface area contributed by atoms with E-state index in [4.69, 9.17) is 10.5 Å². The topological polar surface area (TPSA) is 58.8 Å². The highest BCUT2D eigenvalue weighted by molar-refractivity contribution is 5.70. The van der Waals surface area contributed by atoms with Crippen LogP contribution in [0.3, 0.4) is 0 Å². The van der Waals surface area contributed by atoms with Gasteiger partial charge in [-0.15, -0.1) is 0 Å². The van der Waals surface area contributed by atoms with Crippen LogP contribution in [0.4, 0.5) is 0 Å². The Morgan fingerprint density at radius 1 is 1.53 bits per heavy atom. The summed E-state index contributed by atoms with van der Waals surface area (Å²) >= 11 is 0. The average molecular weight is 243 g/mol. The van der Waals surface area contributed by atoms with E-state index in [1.807, 2.05) is 6.92 Å². The van der Waals surface area contributed by atoms with E-state index >= 15 is 0 Å². The fourth-order valence-corrected chi connectivity index (χ4v) is 2.39. The molecule has 0 bridgehead atoms. The van der Waals surface area contributed by atoms with Crippen molar-refractivity contribution < 1.29 is 9.53 Å². The number of nitrogens with zero attached hydrogens (tertiary/aromatic N) is 2. The summed E-state index contributed by atoms with van der Waals surface area (Å²) in [4.78, 5) is 16.1. The van der Waals surface area contributed by atoms with Crippen molar-refractivity contribution in [2.75, 3.05) is 39.8 Å². The lowest BCUT2D eigenvalue weighted by atomic mass is 10.1. The summed E-state index contributed by atoms with van der Waals surface area (Å²) in [6, 6.07) is 0.550. The van der Waals surface area contributed by atoms with Crippen LogP contribution in [0.15, 0.2) is 0 Å². The molecule has 0 radical (unpaired) electrons. The quantitative estimate of drug-likeness (QED) is 0.684. The van der Waals surface area contributed by atoms with Crippen molar-refractivity contribution in [3.63, 3.8) is 0 Å².